The zero-order chi connectivity index (χ0) is 10.4. The molecule has 0 aliphatic rings. The minimum Gasteiger partial charge on any atom is -0.385 e. The molecule has 1 N–H and O–H groups in total. The van der Waals surface area contributed by atoms with Crippen LogP contribution in [0.15, 0.2) is 12.3 Å². The molecular weight excluding hydrogens is 178 g/mol. The molecule has 1 atom stereocenters. The van der Waals surface area contributed by atoms with Gasteiger partial charge in [0.15, 0.2) is 0 Å². The first kappa shape index (κ1) is 11.2. The highest BCUT2D eigenvalue weighted by molar-refractivity contribution is 4.98. The Balaban J connectivity index is 2.20. The van der Waals surface area contributed by atoms with E-state index in [1.807, 2.05) is 24.0 Å². The molecule has 0 radical (unpaired) electrons. The molecule has 1 aromatic heterocycles. The summed E-state index contributed by atoms with van der Waals surface area (Å²) in [6, 6.07) is 2.49. The highest BCUT2D eigenvalue weighted by Crippen LogP contribution is 1.96. The molecule has 1 rings (SSSR count). The van der Waals surface area contributed by atoms with Gasteiger partial charge in [0.05, 0.1) is 5.69 Å². The van der Waals surface area contributed by atoms with Gasteiger partial charge in [-0.15, -0.1) is 0 Å². The molecule has 0 spiro atoms. The number of ether oxygens (including phenoxy) is 1. The minimum absolute atomic E-state index is 0.469. The van der Waals surface area contributed by atoms with Crippen LogP contribution >= 0.6 is 0 Å². The van der Waals surface area contributed by atoms with Crippen molar-refractivity contribution in [1.29, 1.82) is 0 Å². The molecule has 4 heteroatoms. The average molecular weight is 197 g/mol. The molecular formula is C10H19N3O. The summed E-state index contributed by atoms with van der Waals surface area (Å²) in [5.41, 5.74) is 1.08. The molecule has 1 heterocycles. The van der Waals surface area contributed by atoms with Gasteiger partial charge in [-0.1, -0.05) is 0 Å². The minimum atomic E-state index is 0.469. The molecule has 0 aliphatic heterocycles. The maximum Gasteiger partial charge on any atom is 0.0762 e. The maximum atomic E-state index is 5.01. The zero-order valence-corrected chi connectivity index (χ0v) is 9.16. The van der Waals surface area contributed by atoms with E-state index in [0.29, 0.717) is 6.04 Å². The molecule has 4 nitrogen and oxygen atoms in total. The van der Waals surface area contributed by atoms with E-state index >= 15 is 0 Å². The summed E-state index contributed by atoms with van der Waals surface area (Å²) in [6.45, 7) is 3.78. The molecule has 1 unspecified atom stereocenters. The quantitative estimate of drug-likeness (QED) is 0.737. The lowest BCUT2D eigenvalue weighted by atomic mass is 10.2. The van der Waals surface area contributed by atoms with Crippen LogP contribution in [0.1, 0.15) is 19.0 Å². The van der Waals surface area contributed by atoms with Gasteiger partial charge >= 0.3 is 0 Å². The van der Waals surface area contributed by atoms with Crippen LogP contribution in [-0.2, 0) is 18.3 Å². The Bertz CT molecular complexity index is 260. The van der Waals surface area contributed by atoms with Gasteiger partial charge in [0.2, 0.25) is 0 Å². The second kappa shape index (κ2) is 5.78. The SMILES string of the molecule is COCCC(C)NCc1ccn(C)n1. The van der Waals surface area contributed by atoms with E-state index in [1.54, 1.807) is 7.11 Å². The highest BCUT2D eigenvalue weighted by Gasteiger charge is 2.02. The van der Waals surface area contributed by atoms with Crippen LogP contribution in [0, 0.1) is 0 Å². The number of methoxy groups -OCH3 is 1. The van der Waals surface area contributed by atoms with Crippen LogP contribution in [-0.4, -0.2) is 29.5 Å². The van der Waals surface area contributed by atoms with Gasteiger partial charge in [0.25, 0.3) is 0 Å². The Hall–Kier alpha value is -0.870. The molecule has 0 saturated carbocycles. The molecule has 0 aromatic carbocycles. The molecule has 0 saturated heterocycles. The predicted octanol–water partition coefficient (Wildman–Crippen LogP) is 0.935. The Morgan fingerprint density at radius 2 is 2.43 bits per heavy atom. The molecule has 0 amide bonds. The summed E-state index contributed by atoms with van der Waals surface area (Å²) < 4.78 is 6.83. The number of nitrogens with one attached hydrogen (secondary N) is 1. The normalized spacial score (nSPS) is 13.1. The number of hydrogen-bond acceptors (Lipinski definition) is 3. The van der Waals surface area contributed by atoms with Crippen LogP contribution in [0.4, 0.5) is 0 Å². The smallest absolute Gasteiger partial charge is 0.0762 e. The molecule has 0 aliphatic carbocycles. The van der Waals surface area contributed by atoms with Gasteiger partial charge in [-0.3, -0.25) is 4.68 Å². The summed E-state index contributed by atoms with van der Waals surface area (Å²) in [5.74, 6) is 0. The number of aryl methyl sites for hydroxylation is 1. The van der Waals surface area contributed by atoms with Gasteiger partial charge in [0, 0.05) is 39.5 Å². The third kappa shape index (κ3) is 3.89. The van der Waals surface area contributed by atoms with Crippen molar-refractivity contribution in [2.75, 3.05) is 13.7 Å². The van der Waals surface area contributed by atoms with Gasteiger partial charge in [0.1, 0.15) is 0 Å². The fraction of sp³-hybridized carbons (Fsp3) is 0.700. The van der Waals surface area contributed by atoms with Crippen molar-refractivity contribution < 1.29 is 4.74 Å². The number of nitrogens with zero attached hydrogens (tertiary/aromatic N) is 2. The number of rotatable bonds is 6. The second-order valence-corrected chi connectivity index (χ2v) is 3.54. The molecule has 80 valence electrons. The summed E-state index contributed by atoms with van der Waals surface area (Å²) in [5, 5.41) is 7.68. The zero-order valence-electron chi connectivity index (χ0n) is 9.16. The van der Waals surface area contributed by atoms with E-state index in [4.69, 9.17) is 4.74 Å². The first-order chi connectivity index (χ1) is 6.72. The van der Waals surface area contributed by atoms with Gasteiger partial charge in [-0.2, -0.15) is 5.10 Å². The van der Waals surface area contributed by atoms with E-state index in [0.717, 1.165) is 25.3 Å². The summed E-state index contributed by atoms with van der Waals surface area (Å²) in [6.07, 6.45) is 2.99. The average Bonchev–Trinajstić information content (AvgIpc) is 2.58. The third-order valence-electron chi connectivity index (χ3n) is 2.16. The fourth-order valence-corrected chi connectivity index (χ4v) is 1.23. The van der Waals surface area contributed by atoms with Crippen LogP contribution in [0.3, 0.4) is 0 Å². The lowest BCUT2D eigenvalue weighted by Gasteiger charge is -2.11. The van der Waals surface area contributed by atoms with Crippen molar-refractivity contribution in [3.05, 3.63) is 18.0 Å². The van der Waals surface area contributed by atoms with Crippen molar-refractivity contribution in [2.24, 2.45) is 7.05 Å². The highest BCUT2D eigenvalue weighted by atomic mass is 16.5. The number of aromatic nitrogens is 2. The van der Waals surface area contributed by atoms with E-state index < -0.39 is 0 Å². The molecule has 1 aromatic rings. The Labute approximate surface area is 85.3 Å². The largest absolute Gasteiger partial charge is 0.385 e. The maximum absolute atomic E-state index is 5.01. The van der Waals surface area contributed by atoms with E-state index in [9.17, 15) is 0 Å². The topological polar surface area (TPSA) is 39.1 Å². The fourth-order valence-electron chi connectivity index (χ4n) is 1.23. The van der Waals surface area contributed by atoms with E-state index in [1.165, 1.54) is 0 Å². The Kier molecular flexibility index (Phi) is 4.62. The van der Waals surface area contributed by atoms with Gasteiger partial charge < -0.3 is 10.1 Å². The van der Waals surface area contributed by atoms with E-state index in [-0.39, 0.29) is 0 Å². The van der Waals surface area contributed by atoms with Crippen molar-refractivity contribution >= 4 is 0 Å². The van der Waals surface area contributed by atoms with Crippen molar-refractivity contribution in [2.45, 2.75) is 25.9 Å². The van der Waals surface area contributed by atoms with Crippen molar-refractivity contribution in [3.63, 3.8) is 0 Å². The molecule has 0 bridgehead atoms. The first-order valence-corrected chi connectivity index (χ1v) is 4.93. The predicted molar refractivity (Wildman–Crippen MR) is 56.0 cm³/mol. The first-order valence-electron chi connectivity index (χ1n) is 4.93. The van der Waals surface area contributed by atoms with Crippen LogP contribution in [0.5, 0.6) is 0 Å². The lowest BCUT2D eigenvalue weighted by Crippen LogP contribution is -2.26. The van der Waals surface area contributed by atoms with Gasteiger partial charge in [-0.25, -0.2) is 0 Å². The van der Waals surface area contributed by atoms with Crippen LogP contribution in [0.2, 0.25) is 0 Å². The summed E-state index contributed by atoms with van der Waals surface area (Å²) >= 11 is 0. The number of hydrogen-bond donors (Lipinski definition) is 1. The third-order valence-corrected chi connectivity index (χ3v) is 2.16. The molecule has 0 fully saturated rings. The summed E-state index contributed by atoms with van der Waals surface area (Å²) in [4.78, 5) is 0. The van der Waals surface area contributed by atoms with Crippen LogP contribution in [0.25, 0.3) is 0 Å². The van der Waals surface area contributed by atoms with Crippen molar-refractivity contribution in [3.8, 4) is 0 Å². The van der Waals surface area contributed by atoms with E-state index in [2.05, 4.69) is 17.3 Å². The standard InChI is InChI=1S/C10H19N3O/c1-9(5-7-14-3)11-8-10-4-6-13(2)12-10/h4,6,9,11H,5,7-8H2,1-3H3. The van der Waals surface area contributed by atoms with Crippen LogP contribution < -0.4 is 5.32 Å². The Morgan fingerprint density at radius 1 is 1.64 bits per heavy atom. The molecule has 14 heavy (non-hydrogen) atoms. The lowest BCUT2D eigenvalue weighted by molar-refractivity contribution is 0.184. The Morgan fingerprint density at radius 3 is 3.00 bits per heavy atom. The summed E-state index contributed by atoms with van der Waals surface area (Å²) in [7, 11) is 3.66. The second-order valence-electron chi connectivity index (χ2n) is 3.54. The monoisotopic (exact) mass is 197 g/mol. The van der Waals surface area contributed by atoms with Crippen molar-refractivity contribution in [1.82, 2.24) is 15.1 Å². The van der Waals surface area contributed by atoms with Gasteiger partial charge in [-0.05, 0) is 19.4 Å².